The number of tetrazole rings is 1. The van der Waals surface area contributed by atoms with E-state index in [0.717, 1.165) is 13.0 Å². The second-order valence-electron chi connectivity index (χ2n) is 3.78. The van der Waals surface area contributed by atoms with Crippen LogP contribution in [0.25, 0.3) is 5.69 Å². The zero-order valence-electron chi connectivity index (χ0n) is 9.90. The number of halogens is 2. The summed E-state index contributed by atoms with van der Waals surface area (Å²) < 4.78 is 15.1. The van der Waals surface area contributed by atoms with Crippen LogP contribution in [-0.2, 0) is 6.54 Å². The monoisotopic (exact) mass is 269 g/mol. The van der Waals surface area contributed by atoms with Crippen molar-refractivity contribution < 1.29 is 4.39 Å². The molecule has 0 atom stereocenters. The first kappa shape index (κ1) is 12.9. The summed E-state index contributed by atoms with van der Waals surface area (Å²) in [5.74, 6) is 0.132. The van der Waals surface area contributed by atoms with Gasteiger partial charge in [-0.05, 0) is 41.6 Å². The van der Waals surface area contributed by atoms with Gasteiger partial charge in [0.1, 0.15) is 11.5 Å². The van der Waals surface area contributed by atoms with Crippen molar-refractivity contribution in [3.8, 4) is 5.69 Å². The summed E-state index contributed by atoms with van der Waals surface area (Å²) in [6.45, 7) is 3.39. The summed E-state index contributed by atoms with van der Waals surface area (Å²) >= 11 is 5.85. The van der Waals surface area contributed by atoms with Gasteiger partial charge in [-0.3, -0.25) is 0 Å². The number of aromatic nitrogens is 4. The summed E-state index contributed by atoms with van der Waals surface area (Å²) in [5, 5.41) is 14.8. The minimum Gasteiger partial charge on any atom is -0.310 e. The van der Waals surface area contributed by atoms with Gasteiger partial charge >= 0.3 is 0 Å². The molecule has 0 radical (unpaired) electrons. The number of hydrogen-bond donors (Lipinski definition) is 1. The van der Waals surface area contributed by atoms with E-state index in [2.05, 4.69) is 27.8 Å². The summed E-state index contributed by atoms with van der Waals surface area (Å²) in [7, 11) is 0. The molecule has 2 rings (SSSR count). The highest BCUT2D eigenvalue weighted by Crippen LogP contribution is 2.18. The van der Waals surface area contributed by atoms with Gasteiger partial charge in [0, 0.05) is 5.02 Å². The number of rotatable bonds is 5. The average molecular weight is 270 g/mol. The molecule has 1 heterocycles. The van der Waals surface area contributed by atoms with Gasteiger partial charge in [-0.2, -0.15) is 4.68 Å². The van der Waals surface area contributed by atoms with E-state index in [4.69, 9.17) is 11.6 Å². The molecule has 0 unspecified atom stereocenters. The Bertz CT molecular complexity index is 528. The van der Waals surface area contributed by atoms with Gasteiger partial charge in [0.05, 0.1) is 6.54 Å². The van der Waals surface area contributed by atoms with Crippen LogP contribution in [0.5, 0.6) is 0 Å². The van der Waals surface area contributed by atoms with E-state index in [1.165, 1.54) is 22.9 Å². The lowest BCUT2D eigenvalue weighted by Gasteiger charge is -2.06. The Balaban J connectivity index is 2.27. The summed E-state index contributed by atoms with van der Waals surface area (Å²) in [6.07, 6.45) is 1.01. The zero-order chi connectivity index (χ0) is 13.0. The van der Waals surface area contributed by atoms with Gasteiger partial charge in [0.2, 0.25) is 0 Å². The molecule has 0 bridgehead atoms. The van der Waals surface area contributed by atoms with Crippen LogP contribution in [0.2, 0.25) is 5.02 Å². The smallest absolute Gasteiger partial charge is 0.170 e. The Morgan fingerprint density at radius 1 is 1.44 bits per heavy atom. The van der Waals surface area contributed by atoms with E-state index in [1.807, 2.05) is 0 Å². The van der Waals surface area contributed by atoms with Crippen LogP contribution >= 0.6 is 11.6 Å². The molecule has 1 aromatic carbocycles. The molecule has 0 spiro atoms. The van der Waals surface area contributed by atoms with Crippen LogP contribution in [0, 0.1) is 5.82 Å². The van der Waals surface area contributed by atoms with Gasteiger partial charge in [0.15, 0.2) is 5.82 Å². The second-order valence-corrected chi connectivity index (χ2v) is 4.22. The Morgan fingerprint density at radius 3 is 3.06 bits per heavy atom. The van der Waals surface area contributed by atoms with E-state index < -0.39 is 5.82 Å². The van der Waals surface area contributed by atoms with Crippen LogP contribution < -0.4 is 5.32 Å². The number of nitrogens with one attached hydrogen (secondary N) is 1. The minimum absolute atomic E-state index is 0.251. The molecule has 1 N–H and O–H groups in total. The molecule has 0 saturated carbocycles. The SMILES string of the molecule is CCCNCc1nnnn1-c1cc(Cl)ccc1F. The first-order valence-corrected chi connectivity index (χ1v) is 6.03. The zero-order valence-corrected chi connectivity index (χ0v) is 10.7. The first-order chi connectivity index (χ1) is 8.72. The summed E-state index contributed by atoms with van der Waals surface area (Å²) in [4.78, 5) is 0. The molecule has 1 aromatic heterocycles. The molecule has 0 amide bonds. The van der Waals surface area contributed by atoms with E-state index >= 15 is 0 Å². The fourth-order valence-corrected chi connectivity index (χ4v) is 1.69. The van der Waals surface area contributed by atoms with Crippen molar-refractivity contribution in [2.45, 2.75) is 19.9 Å². The van der Waals surface area contributed by atoms with Gasteiger partial charge in [-0.15, -0.1) is 5.10 Å². The van der Waals surface area contributed by atoms with Crippen molar-refractivity contribution in [3.63, 3.8) is 0 Å². The molecule has 18 heavy (non-hydrogen) atoms. The van der Waals surface area contributed by atoms with E-state index in [0.29, 0.717) is 17.4 Å². The standard InChI is InChI=1S/C11H13ClFN5/c1-2-5-14-7-11-15-16-17-18(11)10-6-8(12)3-4-9(10)13/h3-4,6,14H,2,5,7H2,1H3. The van der Waals surface area contributed by atoms with Gasteiger partial charge in [-0.25, -0.2) is 4.39 Å². The van der Waals surface area contributed by atoms with Crippen LogP contribution in [0.1, 0.15) is 19.2 Å². The topological polar surface area (TPSA) is 55.6 Å². The quantitative estimate of drug-likeness (QED) is 0.843. The van der Waals surface area contributed by atoms with Gasteiger partial charge in [0.25, 0.3) is 0 Å². The Hall–Kier alpha value is -1.53. The second kappa shape index (κ2) is 5.88. The molecular formula is C11H13ClFN5. The third-order valence-corrected chi connectivity index (χ3v) is 2.62. The van der Waals surface area contributed by atoms with Crippen LogP contribution in [0.4, 0.5) is 4.39 Å². The Morgan fingerprint density at radius 2 is 2.28 bits per heavy atom. The van der Waals surface area contributed by atoms with E-state index in [1.54, 1.807) is 0 Å². The number of benzene rings is 1. The van der Waals surface area contributed by atoms with Crippen molar-refractivity contribution in [3.05, 3.63) is 34.9 Å². The third kappa shape index (κ3) is 2.83. The highest BCUT2D eigenvalue weighted by atomic mass is 35.5. The minimum atomic E-state index is -0.413. The van der Waals surface area contributed by atoms with Crippen molar-refractivity contribution in [2.75, 3.05) is 6.54 Å². The largest absolute Gasteiger partial charge is 0.310 e. The summed E-state index contributed by atoms with van der Waals surface area (Å²) in [6, 6.07) is 4.28. The highest BCUT2D eigenvalue weighted by Gasteiger charge is 2.12. The predicted molar refractivity (Wildman–Crippen MR) is 66.1 cm³/mol. The van der Waals surface area contributed by atoms with Crippen LogP contribution in [0.15, 0.2) is 18.2 Å². The van der Waals surface area contributed by atoms with Crippen molar-refractivity contribution in [2.24, 2.45) is 0 Å². The number of nitrogens with zero attached hydrogens (tertiary/aromatic N) is 4. The maximum absolute atomic E-state index is 13.7. The Kier molecular flexibility index (Phi) is 4.22. The Labute approximate surface area is 109 Å². The molecule has 96 valence electrons. The molecule has 0 fully saturated rings. The molecule has 0 saturated heterocycles. The normalized spacial score (nSPS) is 10.8. The fraction of sp³-hybridized carbons (Fsp3) is 0.364. The van der Waals surface area contributed by atoms with Gasteiger partial charge < -0.3 is 5.32 Å². The lowest BCUT2D eigenvalue weighted by atomic mass is 10.3. The maximum atomic E-state index is 13.7. The lowest BCUT2D eigenvalue weighted by molar-refractivity contribution is 0.590. The first-order valence-electron chi connectivity index (χ1n) is 5.65. The van der Waals surface area contributed by atoms with Crippen molar-refractivity contribution >= 4 is 11.6 Å². The summed E-state index contributed by atoms with van der Waals surface area (Å²) in [5.41, 5.74) is 0.251. The third-order valence-electron chi connectivity index (χ3n) is 2.38. The molecule has 0 aliphatic heterocycles. The molecule has 0 aliphatic rings. The van der Waals surface area contributed by atoms with E-state index in [9.17, 15) is 4.39 Å². The average Bonchev–Trinajstić information content (AvgIpc) is 2.81. The molecule has 7 heteroatoms. The van der Waals surface area contributed by atoms with Crippen LogP contribution in [0.3, 0.4) is 0 Å². The predicted octanol–water partition coefficient (Wildman–Crippen LogP) is 1.95. The van der Waals surface area contributed by atoms with Crippen LogP contribution in [-0.4, -0.2) is 26.8 Å². The van der Waals surface area contributed by atoms with E-state index in [-0.39, 0.29) is 5.69 Å². The van der Waals surface area contributed by atoms with Gasteiger partial charge in [-0.1, -0.05) is 18.5 Å². The van der Waals surface area contributed by atoms with Crippen molar-refractivity contribution in [1.82, 2.24) is 25.5 Å². The maximum Gasteiger partial charge on any atom is 0.170 e. The molecular weight excluding hydrogens is 257 g/mol. The molecule has 5 nitrogen and oxygen atoms in total. The van der Waals surface area contributed by atoms with Crippen molar-refractivity contribution in [1.29, 1.82) is 0 Å². The lowest BCUT2D eigenvalue weighted by Crippen LogP contribution is -2.18. The fourth-order valence-electron chi connectivity index (χ4n) is 1.53. The molecule has 2 aromatic rings. The highest BCUT2D eigenvalue weighted by molar-refractivity contribution is 6.30. The number of hydrogen-bond acceptors (Lipinski definition) is 4. The molecule has 0 aliphatic carbocycles.